The minimum Gasteiger partial charge on any atom is -0.365 e. The van der Waals surface area contributed by atoms with Crippen LogP contribution in [0.5, 0.6) is 0 Å². The molecule has 1 aromatic carbocycles. The van der Waals surface area contributed by atoms with E-state index in [0.717, 1.165) is 11.3 Å². The number of hydrogen-bond donors (Lipinski definition) is 1. The summed E-state index contributed by atoms with van der Waals surface area (Å²) in [5, 5.41) is 3.10. The molecule has 1 aromatic rings. The quantitative estimate of drug-likeness (QED) is 0.800. The van der Waals surface area contributed by atoms with Gasteiger partial charge < -0.3 is 10.2 Å². The van der Waals surface area contributed by atoms with Gasteiger partial charge in [0.25, 0.3) is 0 Å². The highest BCUT2D eigenvalue weighted by atomic mass is 19.4. The molecule has 0 radical (unpaired) electrons. The molecule has 114 valence electrons. The SMILES string of the molecule is CCCNC(C)c1c(F)cccc1N(C)CC(F)(F)F. The summed E-state index contributed by atoms with van der Waals surface area (Å²) in [5.74, 6) is -0.493. The van der Waals surface area contributed by atoms with Gasteiger partial charge in [0.05, 0.1) is 0 Å². The van der Waals surface area contributed by atoms with Gasteiger partial charge in [0.1, 0.15) is 12.4 Å². The van der Waals surface area contributed by atoms with Crippen molar-refractivity contribution < 1.29 is 17.6 Å². The summed E-state index contributed by atoms with van der Waals surface area (Å²) < 4.78 is 51.4. The van der Waals surface area contributed by atoms with Crippen LogP contribution in [0.3, 0.4) is 0 Å². The molecule has 0 aromatic heterocycles. The normalized spacial score (nSPS) is 13.3. The van der Waals surface area contributed by atoms with E-state index < -0.39 is 18.5 Å². The number of hydrogen-bond acceptors (Lipinski definition) is 2. The van der Waals surface area contributed by atoms with Gasteiger partial charge in [-0.1, -0.05) is 13.0 Å². The van der Waals surface area contributed by atoms with Crippen LogP contribution in [0.15, 0.2) is 18.2 Å². The summed E-state index contributed by atoms with van der Waals surface area (Å²) in [6.45, 7) is 3.29. The van der Waals surface area contributed by atoms with Crippen LogP contribution < -0.4 is 10.2 Å². The Kier molecular flexibility index (Phi) is 5.80. The highest BCUT2D eigenvalue weighted by Gasteiger charge is 2.31. The number of anilines is 1. The van der Waals surface area contributed by atoms with Gasteiger partial charge in [-0.3, -0.25) is 0 Å². The van der Waals surface area contributed by atoms with Crippen LogP contribution in [0, 0.1) is 5.82 Å². The Hall–Kier alpha value is -1.30. The van der Waals surface area contributed by atoms with Crippen molar-refractivity contribution in [1.82, 2.24) is 5.32 Å². The Labute approximate surface area is 116 Å². The lowest BCUT2D eigenvalue weighted by atomic mass is 10.0. The van der Waals surface area contributed by atoms with Gasteiger partial charge in [-0.2, -0.15) is 13.2 Å². The summed E-state index contributed by atoms with van der Waals surface area (Å²) in [6.07, 6.45) is -3.45. The fourth-order valence-corrected chi connectivity index (χ4v) is 2.10. The Bertz CT molecular complexity index is 432. The molecule has 0 aliphatic heterocycles. The van der Waals surface area contributed by atoms with E-state index in [1.807, 2.05) is 6.92 Å². The van der Waals surface area contributed by atoms with Crippen molar-refractivity contribution in [3.8, 4) is 0 Å². The molecule has 20 heavy (non-hydrogen) atoms. The van der Waals surface area contributed by atoms with E-state index in [4.69, 9.17) is 0 Å². The minimum atomic E-state index is -4.32. The van der Waals surface area contributed by atoms with E-state index in [9.17, 15) is 17.6 Å². The monoisotopic (exact) mass is 292 g/mol. The van der Waals surface area contributed by atoms with E-state index >= 15 is 0 Å². The third-order valence-corrected chi connectivity index (χ3v) is 2.99. The van der Waals surface area contributed by atoms with E-state index in [1.165, 1.54) is 25.2 Å². The first-order chi connectivity index (χ1) is 9.26. The van der Waals surface area contributed by atoms with Gasteiger partial charge in [-0.05, 0) is 32.0 Å². The molecule has 1 atom stereocenters. The number of halogens is 4. The molecule has 0 spiro atoms. The largest absolute Gasteiger partial charge is 0.405 e. The third-order valence-electron chi connectivity index (χ3n) is 2.99. The first kappa shape index (κ1) is 16.8. The Morgan fingerprint density at radius 2 is 1.95 bits per heavy atom. The molecule has 0 heterocycles. The van der Waals surface area contributed by atoms with E-state index in [-0.39, 0.29) is 17.3 Å². The molecular formula is C14H20F4N2. The molecule has 1 N–H and O–H groups in total. The maximum absolute atomic E-state index is 14.0. The van der Waals surface area contributed by atoms with Crippen molar-refractivity contribution in [2.45, 2.75) is 32.5 Å². The van der Waals surface area contributed by atoms with E-state index in [0.29, 0.717) is 6.54 Å². The predicted octanol–water partition coefficient (Wildman–Crippen LogP) is 3.88. The van der Waals surface area contributed by atoms with Gasteiger partial charge in [-0.15, -0.1) is 0 Å². The Morgan fingerprint density at radius 3 is 2.50 bits per heavy atom. The molecule has 0 amide bonds. The Balaban J connectivity index is 3.04. The molecule has 0 saturated heterocycles. The number of benzene rings is 1. The standard InChI is InChI=1S/C14H20F4N2/c1-4-8-19-10(2)13-11(15)6-5-7-12(13)20(3)9-14(16,17)18/h5-7,10,19H,4,8-9H2,1-3H3. The molecule has 0 aliphatic rings. The summed E-state index contributed by atoms with van der Waals surface area (Å²) in [4.78, 5) is 1.03. The zero-order valence-electron chi connectivity index (χ0n) is 11.9. The minimum absolute atomic E-state index is 0.262. The molecule has 1 rings (SSSR count). The van der Waals surface area contributed by atoms with Crippen LogP contribution in [0.2, 0.25) is 0 Å². The average Bonchev–Trinajstić information content (AvgIpc) is 2.33. The molecule has 0 bridgehead atoms. The summed E-state index contributed by atoms with van der Waals surface area (Å²) in [6, 6.07) is 3.86. The predicted molar refractivity (Wildman–Crippen MR) is 72.4 cm³/mol. The number of nitrogens with zero attached hydrogens (tertiary/aromatic N) is 1. The third kappa shape index (κ3) is 4.67. The molecule has 2 nitrogen and oxygen atoms in total. The summed E-state index contributed by atoms with van der Waals surface area (Å²) >= 11 is 0. The van der Waals surface area contributed by atoms with Gasteiger partial charge in [0.15, 0.2) is 0 Å². The van der Waals surface area contributed by atoms with E-state index in [1.54, 1.807) is 6.92 Å². The number of alkyl halides is 3. The van der Waals surface area contributed by atoms with Crippen LogP contribution in [0.1, 0.15) is 31.9 Å². The topological polar surface area (TPSA) is 15.3 Å². The second kappa shape index (κ2) is 6.92. The first-order valence-electron chi connectivity index (χ1n) is 6.56. The molecule has 0 aliphatic carbocycles. The maximum Gasteiger partial charge on any atom is 0.405 e. The smallest absolute Gasteiger partial charge is 0.365 e. The lowest BCUT2D eigenvalue weighted by Gasteiger charge is -2.26. The highest BCUT2D eigenvalue weighted by molar-refractivity contribution is 5.55. The summed E-state index contributed by atoms with van der Waals surface area (Å²) in [7, 11) is 1.32. The lowest BCUT2D eigenvalue weighted by Crippen LogP contribution is -2.32. The van der Waals surface area contributed by atoms with Crippen molar-refractivity contribution in [2.75, 3.05) is 25.0 Å². The van der Waals surface area contributed by atoms with E-state index in [2.05, 4.69) is 5.32 Å². The van der Waals surface area contributed by atoms with Crippen LogP contribution in [0.25, 0.3) is 0 Å². The van der Waals surface area contributed by atoms with Crippen LogP contribution in [-0.4, -0.2) is 26.3 Å². The van der Waals surface area contributed by atoms with Crippen LogP contribution in [-0.2, 0) is 0 Å². The molecule has 1 unspecified atom stereocenters. The van der Waals surface area contributed by atoms with Crippen molar-refractivity contribution >= 4 is 5.69 Å². The van der Waals surface area contributed by atoms with Crippen LogP contribution >= 0.6 is 0 Å². The second-order valence-corrected chi connectivity index (χ2v) is 4.82. The number of rotatable bonds is 6. The van der Waals surface area contributed by atoms with Crippen molar-refractivity contribution in [1.29, 1.82) is 0 Å². The van der Waals surface area contributed by atoms with Crippen molar-refractivity contribution in [2.24, 2.45) is 0 Å². The molecule has 0 saturated carbocycles. The fourth-order valence-electron chi connectivity index (χ4n) is 2.10. The van der Waals surface area contributed by atoms with Crippen molar-refractivity contribution in [3.05, 3.63) is 29.6 Å². The van der Waals surface area contributed by atoms with Gasteiger partial charge in [-0.25, -0.2) is 4.39 Å². The van der Waals surface area contributed by atoms with Gasteiger partial charge in [0, 0.05) is 24.3 Å². The molecule has 0 fully saturated rings. The average molecular weight is 292 g/mol. The lowest BCUT2D eigenvalue weighted by molar-refractivity contribution is -0.119. The fraction of sp³-hybridized carbons (Fsp3) is 0.571. The van der Waals surface area contributed by atoms with Gasteiger partial charge >= 0.3 is 6.18 Å². The first-order valence-corrected chi connectivity index (χ1v) is 6.56. The molecular weight excluding hydrogens is 272 g/mol. The second-order valence-electron chi connectivity index (χ2n) is 4.82. The van der Waals surface area contributed by atoms with Crippen molar-refractivity contribution in [3.63, 3.8) is 0 Å². The zero-order valence-corrected chi connectivity index (χ0v) is 11.9. The van der Waals surface area contributed by atoms with Gasteiger partial charge in [0.2, 0.25) is 0 Å². The number of nitrogens with one attached hydrogen (secondary N) is 1. The maximum atomic E-state index is 14.0. The highest BCUT2D eigenvalue weighted by Crippen LogP contribution is 2.30. The summed E-state index contributed by atoms with van der Waals surface area (Å²) in [5.41, 5.74) is 0.533. The Morgan fingerprint density at radius 1 is 1.30 bits per heavy atom. The molecule has 6 heteroatoms. The zero-order chi connectivity index (χ0) is 15.3. The van der Waals surface area contributed by atoms with Crippen LogP contribution in [0.4, 0.5) is 23.2 Å².